The molecule has 9 nitrogen and oxygen atoms in total. The van der Waals surface area contributed by atoms with Crippen LogP contribution >= 0.6 is 0 Å². The number of fused-ring (bicyclic) bond motifs is 1. The van der Waals surface area contributed by atoms with Gasteiger partial charge in [-0.25, -0.2) is 22.4 Å². The first kappa shape index (κ1) is 21.5. The Balaban J connectivity index is 1.55. The predicted octanol–water partition coefficient (Wildman–Crippen LogP) is 1.28. The molecule has 0 aromatic carbocycles. The van der Waals surface area contributed by atoms with Gasteiger partial charge in [0.2, 0.25) is 15.9 Å². The van der Waals surface area contributed by atoms with E-state index in [1.165, 1.54) is 4.31 Å². The number of sulfonamides is 1. The molecule has 0 radical (unpaired) electrons. The lowest BCUT2D eigenvalue weighted by atomic mass is 10.1. The smallest absolute Gasteiger partial charge is 0.258 e. The van der Waals surface area contributed by atoms with Gasteiger partial charge in [-0.15, -0.1) is 5.10 Å². The lowest BCUT2D eigenvalue weighted by Crippen LogP contribution is -2.47. The Labute approximate surface area is 171 Å². The third kappa shape index (κ3) is 4.87. The molecule has 1 N–H and O–H groups in total. The van der Waals surface area contributed by atoms with Crippen LogP contribution in [0.3, 0.4) is 0 Å². The molecule has 0 atom stereocenters. The van der Waals surface area contributed by atoms with Crippen molar-refractivity contribution in [3.8, 4) is 5.88 Å². The van der Waals surface area contributed by atoms with Crippen LogP contribution < -0.4 is 10.1 Å². The van der Waals surface area contributed by atoms with E-state index < -0.39 is 10.0 Å². The number of hydrogen-bond acceptors (Lipinski definition) is 6. The van der Waals surface area contributed by atoms with Crippen molar-refractivity contribution in [2.24, 2.45) is 7.05 Å². The van der Waals surface area contributed by atoms with E-state index in [9.17, 15) is 13.2 Å². The van der Waals surface area contributed by atoms with Gasteiger partial charge in [0.1, 0.15) is 0 Å². The van der Waals surface area contributed by atoms with Gasteiger partial charge in [0.05, 0.1) is 11.1 Å². The van der Waals surface area contributed by atoms with E-state index in [1.807, 2.05) is 26.8 Å². The first-order chi connectivity index (χ1) is 13.7. The summed E-state index contributed by atoms with van der Waals surface area (Å²) in [7, 11) is -1.38. The fourth-order valence-corrected chi connectivity index (χ4v) is 5.26. The number of nitrogens with zero attached hydrogens (tertiary/aromatic N) is 4. The molecule has 2 aromatic heterocycles. The zero-order valence-electron chi connectivity index (χ0n) is 17.4. The molecule has 1 aliphatic heterocycles. The maximum atomic E-state index is 12.3. The van der Waals surface area contributed by atoms with Gasteiger partial charge in [-0.05, 0) is 44.7 Å². The molecule has 0 spiro atoms. The average Bonchev–Trinajstić information content (AvgIpc) is 2.96. The third-order valence-corrected chi connectivity index (χ3v) is 7.18. The Hall–Kier alpha value is -2.20. The quantitative estimate of drug-likeness (QED) is 0.719. The van der Waals surface area contributed by atoms with Crippen molar-refractivity contribution in [2.75, 3.05) is 25.4 Å². The molecule has 3 heterocycles. The summed E-state index contributed by atoms with van der Waals surface area (Å²) in [6.07, 6.45) is 1.81. The van der Waals surface area contributed by atoms with Crippen LogP contribution in [0.5, 0.6) is 5.88 Å². The van der Waals surface area contributed by atoms with Gasteiger partial charge in [-0.2, -0.15) is 0 Å². The minimum atomic E-state index is -3.18. The van der Waals surface area contributed by atoms with Crippen molar-refractivity contribution in [3.63, 3.8) is 0 Å². The molecule has 2 aromatic rings. The number of ether oxygens (including phenoxy) is 1. The van der Waals surface area contributed by atoms with Crippen molar-refractivity contribution in [1.29, 1.82) is 0 Å². The normalized spacial score (nSPS) is 16.3. The first-order valence-corrected chi connectivity index (χ1v) is 11.5. The molecule has 1 fully saturated rings. The lowest BCUT2D eigenvalue weighted by Gasteiger charge is -2.31. The standard InChI is InChI=1S/C19H29N5O4S/c1-5-10-29(26,27)24-8-6-15(7-9-24)21-16(25)12-28-19-17-13(2)11-14(3)20-18(17)23(4)22-19/h11,15H,5-10,12H2,1-4H3,(H,21,25). The minimum absolute atomic E-state index is 0.0503. The molecule has 0 unspecified atom stereocenters. The molecule has 3 rings (SSSR count). The number of rotatable bonds is 7. The second-order valence-corrected chi connectivity index (χ2v) is 9.64. The van der Waals surface area contributed by atoms with Crippen LogP contribution in [0.4, 0.5) is 0 Å². The second kappa shape index (κ2) is 8.66. The number of amides is 1. The van der Waals surface area contributed by atoms with Crippen LogP contribution in [0.25, 0.3) is 11.0 Å². The third-order valence-electron chi connectivity index (χ3n) is 5.10. The topological polar surface area (TPSA) is 106 Å². The highest BCUT2D eigenvalue weighted by Crippen LogP contribution is 2.27. The van der Waals surface area contributed by atoms with Crippen molar-refractivity contribution in [1.82, 2.24) is 24.4 Å². The number of carbonyl (C=O) groups is 1. The molecule has 10 heteroatoms. The second-order valence-electron chi connectivity index (χ2n) is 7.55. The first-order valence-electron chi connectivity index (χ1n) is 9.92. The maximum absolute atomic E-state index is 12.3. The van der Waals surface area contributed by atoms with E-state index in [-0.39, 0.29) is 24.3 Å². The molecule has 0 aliphatic carbocycles. The summed E-state index contributed by atoms with van der Waals surface area (Å²) < 4.78 is 33.1. The molecular weight excluding hydrogens is 394 g/mol. The van der Waals surface area contributed by atoms with Crippen LogP contribution in [-0.2, 0) is 21.9 Å². The van der Waals surface area contributed by atoms with Crippen LogP contribution in [-0.4, -0.2) is 64.9 Å². The Morgan fingerprint density at radius 2 is 2.00 bits per heavy atom. The molecule has 29 heavy (non-hydrogen) atoms. The van der Waals surface area contributed by atoms with Gasteiger partial charge in [0.25, 0.3) is 5.91 Å². The van der Waals surface area contributed by atoms with E-state index in [0.29, 0.717) is 38.2 Å². The molecule has 1 amide bonds. The number of piperidine rings is 1. The molecule has 0 bridgehead atoms. The maximum Gasteiger partial charge on any atom is 0.258 e. The zero-order chi connectivity index (χ0) is 21.2. The highest BCUT2D eigenvalue weighted by atomic mass is 32.2. The number of hydrogen-bond donors (Lipinski definition) is 1. The van der Waals surface area contributed by atoms with Gasteiger partial charge in [0, 0.05) is 31.9 Å². The summed E-state index contributed by atoms with van der Waals surface area (Å²) in [5, 5.41) is 8.09. The number of pyridine rings is 1. The molecule has 0 saturated carbocycles. The molecular formula is C19H29N5O4S. The van der Waals surface area contributed by atoms with Crippen molar-refractivity contribution in [3.05, 3.63) is 17.3 Å². The Kier molecular flexibility index (Phi) is 6.42. The van der Waals surface area contributed by atoms with Crippen LogP contribution in [0.2, 0.25) is 0 Å². The van der Waals surface area contributed by atoms with E-state index in [4.69, 9.17) is 4.74 Å². The summed E-state index contributed by atoms with van der Waals surface area (Å²) in [4.78, 5) is 16.8. The summed E-state index contributed by atoms with van der Waals surface area (Å²) >= 11 is 0. The number of carbonyl (C=O) groups excluding carboxylic acids is 1. The Morgan fingerprint density at radius 1 is 1.31 bits per heavy atom. The predicted molar refractivity (Wildman–Crippen MR) is 110 cm³/mol. The molecule has 1 saturated heterocycles. The Bertz CT molecular complexity index is 994. The summed E-state index contributed by atoms with van der Waals surface area (Å²) in [5.74, 6) is 0.323. The monoisotopic (exact) mass is 423 g/mol. The van der Waals surface area contributed by atoms with Crippen LogP contribution in [0.1, 0.15) is 37.4 Å². The fraction of sp³-hybridized carbons (Fsp3) is 0.632. The molecule has 160 valence electrons. The summed E-state index contributed by atoms with van der Waals surface area (Å²) in [5.41, 5.74) is 2.62. The molecule has 1 aliphatic rings. The van der Waals surface area contributed by atoms with E-state index >= 15 is 0 Å². The van der Waals surface area contributed by atoms with Gasteiger partial charge >= 0.3 is 0 Å². The van der Waals surface area contributed by atoms with E-state index in [2.05, 4.69) is 15.4 Å². The van der Waals surface area contributed by atoms with Crippen LogP contribution in [0, 0.1) is 13.8 Å². The lowest BCUT2D eigenvalue weighted by molar-refractivity contribution is -0.124. The summed E-state index contributed by atoms with van der Waals surface area (Å²) in [6.45, 7) is 6.46. The number of aryl methyl sites for hydroxylation is 3. The number of aromatic nitrogens is 3. The Morgan fingerprint density at radius 3 is 2.66 bits per heavy atom. The van der Waals surface area contributed by atoms with Crippen LogP contribution in [0.15, 0.2) is 6.07 Å². The number of nitrogens with one attached hydrogen (secondary N) is 1. The van der Waals surface area contributed by atoms with Gasteiger partial charge in [-0.1, -0.05) is 6.92 Å². The minimum Gasteiger partial charge on any atom is -0.466 e. The van der Waals surface area contributed by atoms with Crippen molar-refractivity contribution < 1.29 is 17.9 Å². The van der Waals surface area contributed by atoms with Crippen molar-refractivity contribution in [2.45, 2.75) is 46.1 Å². The van der Waals surface area contributed by atoms with Gasteiger partial charge in [-0.3, -0.25) is 4.79 Å². The largest absolute Gasteiger partial charge is 0.466 e. The van der Waals surface area contributed by atoms with E-state index in [1.54, 1.807) is 11.7 Å². The van der Waals surface area contributed by atoms with Crippen molar-refractivity contribution >= 4 is 27.0 Å². The van der Waals surface area contributed by atoms with E-state index in [0.717, 1.165) is 22.3 Å². The van der Waals surface area contributed by atoms with Gasteiger partial charge in [0.15, 0.2) is 12.3 Å². The highest BCUT2D eigenvalue weighted by molar-refractivity contribution is 7.89. The SMILES string of the molecule is CCCS(=O)(=O)N1CCC(NC(=O)COc2nn(C)c3nc(C)cc(C)c23)CC1. The fourth-order valence-electron chi connectivity index (χ4n) is 3.72. The summed E-state index contributed by atoms with van der Waals surface area (Å²) in [6, 6.07) is 1.91. The average molecular weight is 424 g/mol. The zero-order valence-corrected chi connectivity index (χ0v) is 18.3. The highest BCUT2D eigenvalue weighted by Gasteiger charge is 2.28. The van der Waals surface area contributed by atoms with Gasteiger partial charge < -0.3 is 10.1 Å².